The Kier molecular flexibility index (Phi) is 4.69. The Morgan fingerprint density at radius 2 is 1.72 bits per heavy atom. The van der Waals surface area contributed by atoms with Crippen molar-refractivity contribution in [3.8, 4) is 0 Å². The van der Waals surface area contributed by atoms with Gasteiger partial charge in [-0.3, -0.25) is 0 Å². The standard InChI is InChI=1S/C14H14BrNOS/c15-12-5-6-13(16)14(7-12)18-9-11-3-1-10(8-17)2-4-11/h1-7,17H,8-9,16H2. The summed E-state index contributed by atoms with van der Waals surface area (Å²) < 4.78 is 1.04. The van der Waals surface area contributed by atoms with Crippen LogP contribution in [0.5, 0.6) is 0 Å². The number of nitrogens with two attached hydrogens (primary N) is 1. The summed E-state index contributed by atoms with van der Waals surface area (Å²) in [4.78, 5) is 1.08. The molecule has 0 saturated carbocycles. The molecule has 0 saturated heterocycles. The molecule has 0 heterocycles. The first-order valence-corrected chi connectivity index (χ1v) is 7.33. The van der Waals surface area contributed by atoms with Gasteiger partial charge in [-0.05, 0) is 29.3 Å². The van der Waals surface area contributed by atoms with E-state index < -0.39 is 0 Å². The highest BCUT2D eigenvalue weighted by molar-refractivity contribution is 9.10. The fraction of sp³-hybridized carbons (Fsp3) is 0.143. The van der Waals surface area contributed by atoms with Crippen LogP contribution in [0.3, 0.4) is 0 Å². The summed E-state index contributed by atoms with van der Waals surface area (Å²) in [6.45, 7) is 0.0893. The van der Waals surface area contributed by atoms with Crippen molar-refractivity contribution in [1.82, 2.24) is 0 Å². The molecule has 0 aliphatic carbocycles. The second-order valence-corrected chi connectivity index (χ2v) is 5.88. The molecule has 0 radical (unpaired) electrons. The Labute approximate surface area is 119 Å². The number of aliphatic hydroxyl groups is 1. The average molecular weight is 324 g/mol. The Hall–Kier alpha value is -0.970. The minimum atomic E-state index is 0.0893. The Bertz CT molecular complexity index is 528. The van der Waals surface area contributed by atoms with Crippen molar-refractivity contribution in [2.24, 2.45) is 0 Å². The van der Waals surface area contributed by atoms with Gasteiger partial charge in [0.05, 0.1) is 6.61 Å². The lowest BCUT2D eigenvalue weighted by molar-refractivity contribution is 0.282. The lowest BCUT2D eigenvalue weighted by Crippen LogP contribution is -1.89. The maximum absolute atomic E-state index is 8.98. The van der Waals surface area contributed by atoms with Gasteiger partial charge in [-0.2, -0.15) is 0 Å². The summed E-state index contributed by atoms with van der Waals surface area (Å²) in [6.07, 6.45) is 0. The van der Waals surface area contributed by atoms with Gasteiger partial charge in [0.1, 0.15) is 0 Å². The van der Waals surface area contributed by atoms with Crippen LogP contribution < -0.4 is 5.73 Å². The third kappa shape index (κ3) is 3.51. The van der Waals surface area contributed by atoms with E-state index >= 15 is 0 Å². The molecule has 94 valence electrons. The SMILES string of the molecule is Nc1ccc(Br)cc1SCc1ccc(CO)cc1. The maximum Gasteiger partial charge on any atom is 0.0681 e. The minimum absolute atomic E-state index is 0.0893. The largest absolute Gasteiger partial charge is 0.398 e. The van der Waals surface area contributed by atoms with Gasteiger partial charge in [-0.1, -0.05) is 40.2 Å². The zero-order valence-corrected chi connectivity index (χ0v) is 12.2. The van der Waals surface area contributed by atoms with Crippen molar-refractivity contribution in [3.63, 3.8) is 0 Å². The summed E-state index contributed by atoms with van der Waals surface area (Å²) in [5.74, 6) is 0.867. The van der Waals surface area contributed by atoms with Gasteiger partial charge >= 0.3 is 0 Å². The summed E-state index contributed by atoms with van der Waals surface area (Å²) in [5, 5.41) is 8.98. The third-order valence-corrected chi connectivity index (χ3v) is 4.21. The van der Waals surface area contributed by atoms with Crippen molar-refractivity contribution < 1.29 is 5.11 Å². The van der Waals surface area contributed by atoms with E-state index in [0.29, 0.717) is 0 Å². The minimum Gasteiger partial charge on any atom is -0.398 e. The Morgan fingerprint density at radius 1 is 1.06 bits per heavy atom. The van der Waals surface area contributed by atoms with Gasteiger partial charge in [0.2, 0.25) is 0 Å². The lowest BCUT2D eigenvalue weighted by Gasteiger charge is -2.06. The summed E-state index contributed by atoms with van der Waals surface area (Å²) in [7, 11) is 0. The molecule has 0 amide bonds. The molecule has 2 rings (SSSR count). The number of hydrogen-bond acceptors (Lipinski definition) is 3. The monoisotopic (exact) mass is 323 g/mol. The topological polar surface area (TPSA) is 46.2 Å². The molecule has 0 bridgehead atoms. The van der Waals surface area contributed by atoms with Crippen LogP contribution in [-0.4, -0.2) is 5.11 Å². The van der Waals surface area contributed by atoms with E-state index in [2.05, 4.69) is 15.9 Å². The smallest absolute Gasteiger partial charge is 0.0681 e. The van der Waals surface area contributed by atoms with Crippen LogP contribution in [-0.2, 0) is 12.4 Å². The van der Waals surface area contributed by atoms with Crippen LogP contribution in [0, 0.1) is 0 Å². The fourth-order valence-electron chi connectivity index (χ4n) is 1.54. The normalized spacial score (nSPS) is 10.6. The van der Waals surface area contributed by atoms with Crippen molar-refractivity contribution in [1.29, 1.82) is 0 Å². The summed E-state index contributed by atoms with van der Waals surface area (Å²) in [6, 6.07) is 13.8. The highest BCUT2D eigenvalue weighted by Crippen LogP contribution is 2.30. The lowest BCUT2D eigenvalue weighted by atomic mass is 10.2. The molecular weight excluding hydrogens is 310 g/mol. The van der Waals surface area contributed by atoms with E-state index in [1.165, 1.54) is 5.56 Å². The van der Waals surface area contributed by atoms with Gasteiger partial charge in [-0.25, -0.2) is 0 Å². The number of rotatable bonds is 4. The van der Waals surface area contributed by atoms with Gasteiger partial charge in [-0.15, -0.1) is 11.8 Å². The highest BCUT2D eigenvalue weighted by Gasteiger charge is 2.02. The van der Waals surface area contributed by atoms with Gasteiger partial charge < -0.3 is 10.8 Å². The van der Waals surface area contributed by atoms with E-state index in [9.17, 15) is 0 Å². The van der Waals surface area contributed by atoms with Crippen molar-refractivity contribution in [3.05, 3.63) is 58.1 Å². The van der Waals surface area contributed by atoms with Crippen LogP contribution in [0.4, 0.5) is 5.69 Å². The molecule has 4 heteroatoms. The van der Waals surface area contributed by atoms with Gasteiger partial charge in [0.25, 0.3) is 0 Å². The highest BCUT2D eigenvalue weighted by atomic mass is 79.9. The molecule has 0 aliphatic heterocycles. The van der Waals surface area contributed by atoms with Crippen LogP contribution in [0.1, 0.15) is 11.1 Å². The van der Waals surface area contributed by atoms with Gasteiger partial charge in [0.15, 0.2) is 0 Å². The van der Waals surface area contributed by atoms with E-state index in [-0.39, 0.29) is 6.61 Å². The quantitative estimate of drug-likeness (QED) is 0.664. The predicted molar refractivity (Wildman–Crippen MR) is 80.5 cm³/mol. The maximum atomic E-state index is 8.98. The number of nitrogen functional groups attached to an aromatic ring is 1. The third-order valence-electron chi connectivity index (χ3n) is 2.58. The van der Waals surface area contributed by atoms with Gasteiger partial charge in [0, 0.05) is 20.8 Å². The fourth-order valence-corrected chi connectivity index (χ4v) is 3.01. The van der Waals surface area contributed by atoms with Crippen molar-refractivity contribution >= 4 is 33.4 Å². The van der Waals surface area contributed by atoms with E-state index in [1.54, 1.807) is 11.8 Å². The molecule has 0 atom stereocenters. The van der Waals surface area contributed by atoms with E-state index in [4.69, 9.17) is 10.8 Å². The second kappa shape index (κ2) is 6.27. The van der Waals surface area contributed by atoms with Crippen molar-refractivity contribution in [2.75, 3.05) is 5.73 Å². The van der Waals surface area contributed by atoms with E-state index in [0.717, 1.165) is 26.4 Å². The first-order valence-electron chi connectivity index (χ1n) is 5.55. The second-order valence-electron chi connectivity index (χ2n) is 3.95. The van der Waals surface area contributed by atoms with Crippen LogP contribution in [0.15, 0.2) is 51.8 Å². The molecular formula is C14H14BrNOS. The Morgan fingerprint density at radius 3 is 2.39 bits per heavy atom. The van der Waals surface area contributed by atoms with E-state index in [1.807, 2.05) is 42.5 Å². The number of anilines is 1. The molecule has 2 aromatic carbocycles. The number of hydrogen-bond donors (Lipinski definition) is 2. The van der Waals surface area contributed by atoms with Crippen LogP contribution in [0.2, 0.25) is 0 Å². The molecule has 0 aliphatic rings. The summed E-state index contributed by atoms with van der Waals surface area (Å²) in [5.41, 5.74) is 8.88. The molecule has 0 spiro atoms. The van der Waals surface area contributed by atoms with Crippen molar-refractivity contribution in [2.45, 2.75) is 17.3 Å². The Balaban J connectivity index is 2.04. The number of halogens is 1. The molecule has 0 fully saturated rings. The molecule has 18 heavy (non-hydrogen) atoms. The molecule has 0 aromatic heterocycles. The molecule has 2 nitrogen and oxygen atoms in total. The predicted octanol–water partition coefficient (Wildman–Crippen LogP) is 3.82. The average Bonchev–Trinajstić information content (AvgIpc) is 2.40. The number of thioether (sulfide) groups is 1. The first kappa shape index (κ1) is 13.5. The zero-order valence-electron chi connectivity index (χ0n) is 9.77. The number of benzene rings is 2. The van der Waals surface area contributed by atoms with Crippen LogP contribution in [0.25, 0.3) is 0 Å². The zero-order chi connectivity index (χ0) is 13.0. The molecule has 2 aromatic rings. The molecule has 0 unspecified atom stereocenters. The van der Waals surface area contributed by atoms with Crippen LogP contribution >= 0.6 is 27.7 Å². The molecule has 3 N–H and O–H groups in total. The number of aliphatic hydroxyl groups excluding tert-OH is 1. The summed E-state index contributed by atoms with van der Waals surface area (Å²) >= 11 is 5.16. The first-order chi connectivity index (χ1) is 8.69.